The third kappa shape index (κ3) is 8.62. The summed E-state index contributed by atoms with van der Waals surface area (Å²) in [6.45, 7) is 0.777. The molecule has 2 aromatic rings. The molecule has 0 heterocycles. The topological polar surface area (TPSA) is 44.3 Å². The van der Waals surface area contributed by atoms with E-state index < -0.39 is 6.10 Å². The lowest BCUT2D eigenvalue weighted by molar-refractivity contribution is 0.179. The third-order valence-electron chi connectivity index (χ3n) is 4.15. The number of thioether (sulfide) groups is 2. The standard InChI is InChI=1S/C23H26N2OS4/c1-29-22(27)13-20(17-9-5-3-6-10-17)24-15-19(26)16-25-21(14-23(28)30-2)18-11-7-4-8-12-18/h3-14,19,24-26H,15-16H2,1-2H3/b20-13-,21-14-. The van der Waals surface area contributed by atoms with E-state index in [-0.39, 0.29) is 0 Å². The Hall–Kier alpha value is -1.64. The number of hydrogen-bond acceptors (Lipinski definition) is 7. The van der Waals surface area contributed by atoms with E-state index in [9.17, 15) is 5.11 Å². The molecule has 0 radical (unpaired) electrons. The summed E-state index contributed by atoms with van der Waals surface area (Å²) in [7, 11) is 0. The first-order valence-corrected chi connectivity index (χ1v) is 12.7. The molecule has 0 aliphatic rings. The van der Waals surface area contributed by atoms with Gasteiger partial charge in [-0.3, -0.25) is 0 Å². The summed E-state index contributed by atoms with van der Waals surface area (Å²) in [6.07, 6.45) is 7.17. The van der Waals surface area contributed by atoms with Gasteiger partial charge in [0, 0.05) is 24.5 Å². The van der Waals surface area contributed by atoms with Gasteiger partial charge in [-0.1, -0.05) is 85.1 Å². The minimum atomic E-state index is -0.602. The number of rotatable bonds is 10. The maximum absolute atomic E-state index is 10.6. The summed E-state index contributed by atoms with van der Waals surface area (Å²) in [4.78, 5) is 0. The molecule has 0 spiro atoms. The number of thiocarbonyl (C=S) groups is 2. The van der Waals surface area contributed by atoms with Crippen LogP contribution >= 0.6 is 48.0 Å². The smallest absolute Gasteiger partial charge is 0.0884 e. The molecule has 0 aromatic heterocycles. The van der Waals surface area contributed by atoms with Crippen molar-refractivity contribution < 1.29 is 5.11 Å². The Morgan fingerprint density at radius 2 is 1.17 bits per heavy atom. The lowest BCUT2D eigenvalue weighted by Gasteiger charge is -2.18. The molecule has 0 amide bonds. The van der Waals surface area contributed by atoms with Crippen molar-refractivity contribution in [1.29, 1.82) is 0 Å². The van der Waals surface area contributed by atoms with Gasteiger partial charge in [-0.25, -0.2) is 0 Å². The van der Waals surface area contributed by atoms with E-state index in [4.69, 9.17) is 24.4 Å². The van der Waals surface area contributed by atoms with Crippen molar-refractivity contribution in [2.45, 2.75) is 6.10 Å². The minimum absolute atomic E-state index is 0.389. The van der Waals surface area contributed by atoms with Crippen molar-refractivity contribution in [2.24, 2.45) is 0 Å². The highest BCUT2D eigenvalue weighted by atomic mass is 32.2. The fourth-order valence-corrected chi connectivity index (χ4v) is 3.30. The Kier molecular flexibility index (Phi) is 11.2. The van der Waals surface area contributed by atoms with Crippen LogP contribution in [0.3, 0.4) is 0 Å². The maximum atomic E-state index is 10.6. The molecule has 0 bridgehead atoms. The van der Waals surface area contributed by atoms with E-state index in [0.29, 0.717) is 13.1 Å². The molecule has 3 nitrogen and oxygen atoms in total. The van der Waals surface area contributed by atoms with E-state index in [1.807, 2.05) is 85.3 Å². The molecule has 0 saturated carbocycles. The molecule has 30 heavy (non-hydrogen) atoms. The molecular formula is C23H26N2OS4. The van der Waals surface area contributed by atoms with Gasteiger partial charge in [0.2, 0.25) is 0 Å². The van der Waals surface area contributed by atoms with Crippen molar-refractivity contribution in [3.05, 3.63) is 83.9 Å². The molecule has 2 rings (SSSR count). The molecule has 7 heteroatoms. The van der Waals surface area contributed by atoms with Gasteiger partial charge in [0.15, 0.2) is 0 Å². The first-order chi connectivity index (χ1) is 14.5. The number of benzene rings is 2. The van der Waals surface area contributed by atoms with Crippen LogP contribution in [0.1, 0.15) is 11.1 Å². The molecule has 2 aromatic carbocycles. The number of hydrogen-bond donors (Lipinski definition) is 3. The fourth-order valence-electron chi connectivity index (χ4n) is 2.59. The molecule has 158 valence electrons. The van der Waals surface area contributed by atoms with Crippen LogP contribution in [0, 0.1) is 0 Å². The van der Waals surface area contributed by atoms with E-state index in [2.05, 4.69) is 10.6 Å². The van der Waals surface area contributed by atoms with Crippen LogP contribution < -0.4 is 10.6 Å². The van der Waals surface area contributed by atoms with Crippen LogP contribution in [-0.4, -0.2) is 45.2 Å². The van der Waals surface area contributed by atoms with Crippen LogP contribution in [0.2, 0.25) is 0 Å². The van der Waals surface area contributed by atoms with Gasteiger partial charge in [-0.05, 0) is 35.8 Å². The number of aliphatic hydroxyl groups excluding tert-OH is 1. The van der Waals surface area contributed by atoms with Crippen molar-refractivity contribution in [1.82, 2.24) is 10.6 Å². The van der Waals surface area contributed by atoms with Gasteiger partial charge in [-0.2, -0.15) is 0 Å². The zero-order valence-corrected chi connectivity index (χ0v) is 20.3. The molecule has 0 atom stereocenters. The zero-order chi connectivity index (χ0) is 21.8. The molecule has 0 aliphatic carbocycles. The Labute approximate surface area is 198 Å². The summed E-state index contributed by atoms with van der Waals surface area (Å²) < 4.78 is 1.57. The quantitative estimate of drug-likeness (QED) is 0.331. The zero-order valence-electron chi connectivity index (χ0n) is 17.0. The van der Waals surface area contributed by atoms with Crippen molar-refractivity contribution in [3.8, 4) is 0 Å². The SMILES string of the molecule is CSC(=S)/C=C(\NCC(O)CN/C(=C\C(=S)SC)c1ccccc1)c1ccccc1. The maximum Gasteiger partial charge on any atom is 0.0884 e. The van der Waals surface area contributed by atoms with Crippen LogP contribution in [0.4, 0.5) is 0 Å². The van der Waals surface area contributed by atoms with Gasteiger partial charge in [-0.15, -0.1) is 23.5 Å². The Balaban J connectivity index is 2.03. The van der Waals surface area contributed by atoms with Crippen LogP contribution in [0.25, 0.3) is 11.4 Å². The molecular weight excluding hydrogens is 449 g/mol. The minimum Gasteiger partial charge on any atom is -0.389 e. The molecule has 0 saturated heterocycles. The van der Waals surface area contributed by atoms with Crippen LogP contribution in [-0.2, 0) is 0 Å². The molecule has 0 fully saturated rings. The van der Waals surface area contributed by atoms with E-state index in [1.165, 1.54) is 23.5 Å². The monoisotopic (exact) mass is 474 g/mol. The first-order valence-electron chi connectivity index (χ1n) is 9.39. The number of nitrogens with one attached hydrogen (secondary N) is 2. The van der Waals surface area contributed by atoms with Crippen molar-refractivity contribution >= 4 is 67.7 Å². The van der Waals surface area contributed by atoms with E-state index in [0.717, 1.165) is 30.9 Å². The summed E-state index contributed by atoms with van der Waals surface area (Å²) in [6, 6.07) is 20.0. The fraction of sp³-hybridized carbons (Fsp3) is 0.217. The Morgan fingerprint density at radius 3 is 1.50 bits per heavy atom. The van der Waals surface area contributed by atoms with Gasteiger partial charge < -0.3 is 15.7 Å². The summed E-state index contributed by atoms with van der Waals surface area (Å²) in [5, 5.41) is 17.2. The van der Waals surface area contributed by atoms with Crippen molar-refractivity contribution in [3.63, 3.8) is 0 Å². The predicted molar refractivity (Wildman–Crippen MR) is 143 cm³/mol. The Morgan fingerprint density at radius 1 is 0.800 bits per heavy atom. The normalized spacial score (nSPS) is 12.0. The largest absolute Gasteiger partial charge is 0.389 e. The van der Waals surface area contributed by atoms with Crippen LogP contribution in [0.5, 0.6) is 0 Å². The summed E-state index contributed by atoms with van der Waals surface area (Å²) >= 11 is 13.7. The van der Waals surface area contributed by atoms with E-state index >= 15 is 0 Å². The predicted octanol–water partition coefficient (Wildman–Crippen LogP) is 4.99. The lowest BCUT2D eigenvalue weighted by atomic mass is 10.1. The Bertz CT molecular complexity index is 809. The average Bonchev–Trinajstić information content (AvgIpc) is 2.80. The number of aliphatic hydroxyl groups is 1. The van der Waals surface area contributed by atoms with Gasteiger partial charge >= 0.3 is 0 Å². The second-order valence-corrected chi connectivity index (χ2v) is 9.40. The highest BCUT2D eigenvalue weighted by molar-refractivity contribution is 8.23. The second-order valence-electron chi connectivity index (χ2n) is 6.31. The van der Waals surface area contributed by atoms with Crippen LogP contribution in [0.15, 0.2) is 72.8 Å². The molecule has 0 aliphatic heterocycles. The van der Waals surface area contributed by atoms with E-state index in [1.54, 1.807) is 0 Å². The lowest BCUT2D eigenvalue weighted by Crippen LogP contribution is -2.34. The molecule has 3 N–H and O–H groups in total. The molecule has 0 unspecified atom stereocenters. The highest BCUT2D eigenvalue weighted by Gasteiger charge is 2.09. The third-order valence-corrected chi connectivity index (χ3v) is 6.43. The van der Waals surface area contributed by atoms with Gasteiger partial charge in [0.25, 0.3) is 0 Å². The first kappa shape index (κ1) is 24.6. The highest BCUT2D eigenvalue weighted by Crippen LogP contribution is 2.15. The van der Waals surface area contributed by atoms with Crippen molar-refractivity contribution in [2.75, 3.05) is 25.6 Å². The average molecular weight is 475 g/mol. The second kappa shape index (κ2) is 13.6. The summed E-state index contributed by atoms with van der Waals surface area (Å²) in [5.74, 6) is 0. The summed E-state index contributed by atoms with van der Waals surface area (Å²) in [5.41, 5.74) is 3.86. The van der Waals surface area contributed by atoms with Gasteiger partial charge in [0.05, 0.1) is 14.5 Å². The van der Waals surface area contributed by atoms with Gasteiger partial charge in [0.1, 0.15) is 0 Å².